The molecule has 0 spiro atoms. The van der Waals surface area contributed by atoms with Crippen LogP contribution in [0.15, 0.2) is 58.5 Å². The van der Waals surface area contributed by atoms with Gasteiger partial charge in [-0.25, -0.2) is 14.1 Å². The van der Waals surface area contributed by atoms with Gasteiger partial charge >= 0.3 is 11.9 Å². The number of esters is 2. The molecule has 0 unspecified atom stereocenters. The molecule has 0 radical (unpaired) electrons. The average Bonchev–Trinajstić information content (AvgIpc) is 2.89. The highest BCUT2D eigenvalue weighted by molar-refractivity contribution is 8.00. The van der Waals surface area contributed by atoms with Gasteiger partial charge in [-0.3, -0.25) is 14.4 Å². The van der Waals surface area contributed by atoms with E-state index in [1.54, 1.807) is 32.0 Å². The highest BCUT2D eigenvalue weighted by atomic mass is 35.5. The van der Waals surface area contributed by atoms with Crippen molar-refractivity contribution in [2.75, 3.05) is 17.8 Å². The molecule has 0 bridgehead atoms. The molecule has 0 heterocycles. The van der Waals surface area contributed by atoms with Crippen molar-refractivity contribution in [1.29, 1.82) is 0 Å². The van der Waals surface area contributed by atoms with Crippen molar-refractivity contribution in [1.82, 2.24) is 0 Å². The number of halogens is 2. The maximum absolute atomic E-state index is 15.3. The molecule has 0 aromatic heterocycles. The third-order valence-electron chi connectivity index (χ3n) is 5.56. The zero-order valence-corrected chi connectivity index (χ0v) is 22.3. The second-order valence-corrected chi connectivity index (χ2v) is 9.95. The number of carbonyl (C=O) groups is 4. The van der Waals surface area contributed by atoms with Gasteiger partial charge in [-0.2, -0.15) is 0 Å². The van der Waals surface area contributed by atoms with Gasteiger partial charge in [-0.1, -0.05) is 29.8 Å². The summed E-state index contributed by atoms with van der Waals surface area (Å²) in [4.78, 5) is 53.0. The molecule has 1 aliphatic carbocycles. The van der Waals surface area contributed by atoms with Crippen molar-refractivity contribution >= 4 is 52.8 Å². The summed E-state index contributed by atoms with van der Waals surface area (Å²) in [5.74, 6) is -3.76. The van der Waals surface area contributed by atoms with E-state index in [2.05, 4.69) is 4.74 Å². The van der Waals surface area contributed by atoms with Crippen LogP contribution in [0.4, 0.5) is 10.1 Å². The molecule has 1 aliphatic rings. The lowest BCUT2D eigenvalue weighted by Gasteiger charge is -2.27. The summed E-state index contributed by atoms with van der Waals surface area (Å²) < 4.78 is 25.3. The number of benzene rings is 2. The van der Waals surface area contributed by atoms with Crippen molar-refractivity contribution < 1.29 is 33.0 Å². The van der Waals surface area contributed by atoms with E-state index in [4.69, 9.17) is 16.3 Å². The van der Waals surface area contributed by atoms with Crippen LogP contribution >= 0.6 is 23.4 Å². The number of thioether (sulfide) groups is 1. The summed E-state index contributed by atoms with van der Waals surface area (Å²) in [6, 6.07) is 10.2. The Morgan fingerprint density at radius 3 is 2.30 bits per heavy atom. The molecule has 0 N–H and O–H groups in total. The summed E-state index contributed by atoms with van der Waals surface area (Å²) in [5, 5.41) is 0.00722. The molecule has 0 saturated heterocycles. The van der Waals surface area contributed by atoms with Crippen LogP contribution in [0.25, 0.3) is 0 Å². The standard InChI is InChI=1S/C27H27ClFNO6S/c1-16(2)36-27(34)19-12-8-7-11-18(19)26(33)30(25(32)17-9-5-4-6-10-17)22-14-23(20(28)13-21(22)29)37-15-24(31)35-3/h4-6,9-10,13-14,16H,7-8,11-12,15H2,1-3H3. The zero-order valence-electron chi connectivity index (χ0n) is 20.7. The maximum atomic E-state index is 15.3. The second-order valence-electron chi connectivity index (χ2n) is 8.53. The van der Waals surface area contributed by atoms with Crippen molar-refractivity contribution in [3.8, 4) is 0 Å². The summed E-state index contributed by atoms with van der Waals surface area (Å²) in [6.45, 7) is 3.40. The lowest BCUT2D eigenvalue weighted by atomic mass is 9.90. The maximum Gasteiger partial charge on any atom is 0.334 e. The van der Waals surface area contributed by atoms with Crippen molar-refractivity contribution in [3.63, 3.8) is 0 Å². The van der Waals surface area contributed by atoms with Crippen LogP contribution in [0.2, 0.25) is 5.02 Å². The molecule has 2 amide bonds. The van der Waals surface area contributed by atoms with Gasteiger partial charge in [0.05, 0.1) is 29.7 Å². The first-order chi connectivity index (χ1) is 17.6. The Morgan fingerprint density at radius 1 is 1.03 bits per heavy atom. The quantitative estimate of drug-likeness (QED) is 0.236. The molecule has 196 valence electrons. The molecule has 3 rings (SSSR count). The number of methoxy groups -OCH3 is 1. The number of carbonyl (C=O) groups excluding carboxylic acids is 4. The van der Waals surface area contributed by atoms with Gasteiger partial charge < -0.3 is 9.47 Å². The lowest BCUT2D eigenvalue weighted by molar-refractivity contribution is -0.143. The third kappa shape index (κ3) is 6.99. The fraction of sp³-hybridized carbons (Fsp3) is 0.333. The van der Waals surface area contributed by atoms with Crippen LogP contribution in [0.3, 0.4) is 0 Å². The summed E-state index contributed by atoms with van der Waals surface area (Å²) in [5.41, 5.74) is 0.103. The van der Waals surface area contributed by atoms with Crippen LogP contribution in [-0.4, -0.2) is 42.7 Å². The molecule has 37 heavy (non-hydrogen) atoms. The van der Waals surface area contributed by atoms with Crippen molar-refractivity contribution in [2.24, 2.45) is 0 Å². The van der Waals surface area contributed by atoms with Crippen LogP contribution in [0.1, 0.15) is 49.9 Å². The molecule has 0 saturated carbocycles. The van der Waals surface area contributed by atoms with Gasteiger partial charge in [0, 0.05) is 21.6 Å². The largest absolute Gasteiger partial charge is 0.468 e. The number of rotatable bonds is 8. The fourth-order valence-corrected chi connectivity index (χ4v) is 4.90. The van der Waals surface area contributed by atoms with E-state index in [0.717, 1.165) is 22.7 Å². The zero-order chi connectivity index (χ0) is 27.1. The normalized spacial score (nSPS) is 13.4. The van der Waals surface area contributed by atoms with Crippen LogP contribution < -0.4 is 4.90 Å². The Bertz CT molecular complexity index is 1230. The molecule has 0 aliphatic heterocycles. The first kappa shape index (κ1) is 28.4. The number of ether oxygens (including phenoxy) is 2. The Kier molecular flexibility index (Phi) is 9.88. The molecular formula is C27H27ClFNO6S. The molecule has 10 heteroatoms. The van der Waals surface area contributed by atoms with E-state index in [1.165, 1.54) is 25.3 Å². The summed E-state index contributed by atoms with van der Waals surface area (Å²) >= 11 is 7.18. The highest BCUT2D eigenvalue weighted by Gasteiger charge is 2.34. The van der Waals surface area contributed by atoms with E-state index >= 15 is 4.39 Å². The topological polar surface area (TPSA) is 90.0 Å². The number of hydrogen-bond donors (Lipinski definition) is 0. The Morgan fingerprint density at radius 2 is 1.68 bits per heavy atom. The molecule has 7 nitrogen and oxygen atoms in total. The van der Waals surface area contributed by atoms with Gasteiger partial charge in [0.2, 0.25) is 0 Å². The monoisotopic (exact) mass is 547 g/mol. The summed E-state index contributed by atoms with van der Waals surface area (Å²) in [6.07, 6.45) is 1.44. The number of imide groups is 1. The van der Waals surface area contributed by atoms with E-state index in [0.29, 0.717) is 19.3 Å². The lowest BCUT2D eigenvalue weighted by Crippen LogP contribution is -2.40. The third-order valence-corrected chi connectivity index (χ3v) is 7.01. The predicted molar refractivity (Wildman–Crippen MR) is 139 cm³/mol. The van der Waals surface area contributed by atoms with Gasteiger partial charge in [0.15, 0.2) is 0 Å². The SMILES string of the molecule is COC(=O)CSc1cc(N(C(=O)C2=C(C(=O)OC(C)C)CCCC2)C(=O)c2ccccc2)c(F)cc1Cl. The number of hydrogen-bond acceptors (Lipinski definition) is 7. The van der Waals surface area contributed by atoms with E-state index in [-0.39, 0.29) is 44.5 Å². The minimum atomic E-state index is -0.909. The fourth-order valence-electron chi connectivity index (χ4n) is 3.80. The first-order valence-electron chi connectivity index (χ1n) is 11.7. The molecule has 0 fully saturated rings. The van der Waals surface area contributed by atoms with Crippen LogP contribution in [0.5, 0.6) is 0 Å². The van der Waals surface area contributed by atoms with Crippen LogP contribution in [-0.2, 0) is 23.9 Å². The number of anilines is 1. The van der Waals surface area contributed by atoms with E-state index in [9.17, 15) is 19.2 Å². The first-order valence-corrected chi connectivity index (χ1v) is 13.1. The minimum Gasteiger partial charge on any atom is -0.468 e. The predicted octanol–water partition coefficient (Wildman–Crippen LogP) is 5.74. The van der Waals surface area contributed by atoms with Gasteiger partial charge in [-0.15, -0.1) is 11.8 Å². The van der Waals surface area contributed by atoms with Crippen molar-refractivity contribution in [3.05, 3.63) is 70.0 Å². The van der Waals surface area contributed by atoms with E-state index in [1.807, 2.05) is 0 Å². The van der Waals surface area contributed by atoms with Gasteiger partial charge in [0.25, 0.3) is 11.8 Å². The Balaban J connectivity index is 2.14. The average molecular weight is 548 g/mol. The second kappa shape index (κ2) is 12.9. The highest BCUT2D eigenvalue weighted by Crippen LogP contribution is 2.36. The molecular weight excluding hydrogens is 521 g/mol. The molecule has 2 aromatic rings. The van der Waals surface area contributed by atoms with Gasteiger partial charge in [-0.05, 0) is 63.8 Å². The number of amides is 2. The minimum absolute atomic E-state index is 0.00722. The van der Waals surface area contributed by atoms with Gasteiger partial charge in [0.1, 0.15) is 5.82 Å². The van der Waals surface area contributed by atoms with Crippen molar-refractivity contribution in [2.45, 2.75) is 50.5 Å². The molecule has 2 aromatic carbocycles. The summed E-state index contributed by atoms with van der Waals surface area (Å²) in [7, 11) is 1.24. The molecule has 0 atom stereocenters. The Labute approximate surface area is 223 Å². The van der Waals surface area contributed by atoms with Crippen LogP contribution in [0, 0.1) is 5.82 Å². The van der Waals surface area contributed by atoms with E-state index < -0.39 is 35.7 Å². The smallest absolute Gasteiger partial charge is 0.334 e. The Hall–Kier alpha value is -3.17. The number of nitrogens with zero attached hydrogens (tertiary/aromatic N) is 1.